The molecule has 0 bridgehead atoms. The Morgan fingerprint density at radius 1 is 0.917 bits per heavy atom. The van der Waals surface area contributed by atoms with Crippen LogP contribution >= 0.6 is 0 Å². The van der Waals surface area contributed by atoms with Crippen LogP contribution in [0.1, 0.15) is 52.6 Å². The number of carboxylic acids is 1. The van der Waals surface area contributed by atoms with Crippen LogP contribution in [0.3, 0.4) is 0 Å². The van der Waals surface area contributed by atoms with Gasteiger partial charge in [-0.25, -0.2) is 4.79 Å². The van der Waals surface area contributed by atoms with E-state index in [1.807, 2.05) is 19.9 Å². The summed E-state index contributed by atoms with van der Waals surface area (Å²) in [6, 6.07) is 15.3. The summed E-state index contributed by atoms with van der Waals surface area (Å²) >= 11 is 0. The third kappa shape index (κ3) is 13.5. The predicted molar refractivity (Wildman–Crippen MR) is 107 cm³/mol. The Morgan fingerprint density at radius 2 is 1.21 bits per heavy atom. The summed E-state index contributed by atoms with van der Waals surface area (Å²) in [4.78, 5) is 10.4. The minimum atomic E-state index is -0.863. The molecule has 1 N–H and O–H groups in total. The fraction of sp³-hybridized carbons (Fsp3) is 0.286. The predicted octanol–water partition coefficient (Wildman–Crippen LogP) is 6.80. The molecule has 2 rings (SSSR count). The van der Waals surface area contributed by atoms with E-state index in [0.29, 0.717) is 5.56 Å². The molecule has 0 saturated carbocycles. The first-order chi connectivity index (χ1) is 11.5. The smallest absolute Gasteiger partial charge is 0.335 e. The number of carboxylic acid groups (broad SMARTS) is 1. The minimum absolute atomic E-state index is 0. The van der Waals surface area contributed by atoms with Crippen molar-refractivity contribution in [2.45, 2.75) is 42.0 Å². The van der Waals surface area contributed by atoms with Crippen molar-refractivity contribution in [3.63, 3.8) is 0 Å². The van der Waals surface area contributed by atoms with E-state index < -0.39 is 5.97 Å². The van der Waals surface area contributed by atoms with Crippen LogP contribution in [-0.2, 0) is 32.7 Å². The molecule has 0 unspecified atom stereocenters. The van der Waals surface area contributed by atoms with Crippen molar-refractivity contribution in [3.05, 3.63) is 85.6 Å². The van der Waals surface area contributed by atoms with Crippen LogP contribution in [0.15, 0.2) is 48.5 Å². The molecule has 0 aliphatic rings. The molecule has 137 valence electrons. The van der Waals surface area contributed by atoms with E-state index >= 15 is 0 Å². The number of rotatable bonds is 1. The van der Waals surface area contributed by atoms with Gasteiger partial charge in [0.2, 0.25) is 0 Å². The van der Waals surface area contributed by atoms with Crippen LogP contribution in [-0.4, -0.2) is 11.1 Å². The van der Waals surface area contributed by atoms with E-state index in [2.05, 4.69) is 38.1 Å². The summed E-state index contributed by atoms with van der Waals surface area (Å²) in [6.07, 6.45) is 0. The standard InChI is InChI=1S/C8H8O2.C8H10.C2H6.CH4.2CH3.Y.H2/c1-6-4-2-3-5-7(6)8(9)10;1-7-5-3-4-6-8(7)2;1-2;;;;;/h2-5H,1H3,(H,9,10);3-6H,1-2H3;1-2H3;1H4;2*1H3;;1H/q;;;;2*-1;;/i;;;1D;;;;1+1D. The normalized spacial score (nSPS) is 7.83. The molecule has 24 heavy (non-hydrogen) atoms. The molecule has 2 nitrogen and oxygen atoms in total. The Bertz CT molecular complexity index is 529. The van der Waals surface area contributed by atoms with Crippen molar-refractivity contribution in [2.75, 3.05) is 0 Å². The fourth-order valence-corrected chi connectivity index (χ4v) is 1.48. The zero-order chi connectivity index (χ0) is 19.5. The van der Waals surface area contributed by atoms with Gasteiger partial charge in [0.25, 0.3) is 0 Å². The maximum absolute atomic E-state index is 10.4. The summed E-state index contributed by atoms with van der Waals surface area (Å²) in [6.45, 7) is 10.0. The van der Waals surface area contributed by atoms with E-state index in [4.69, 9.17) is 9.45 Å². The summed E-state index contributed by atoms with van der Waals surface area (Å²) in [7, 11) is 1.25. The number of aryl methyl sites for hydroxylation is 3. The second-order valence-electron chi connectivity index (χ2n) is 4.20. The van der Waals surface area contributed by atoms with Gasteiger partial charge in [-0.15, -0.1) is 0 Å². The van der Waals surface area contributed by atoms with E-state index in [1.165, 1.54) is 18.5 Å². The van der Waals surface area contributed by atoms with Gasteiger partial charge in [-0.2, -0.15) is 0 Å². The molecule has 0 heterocycles. The van der Waals surface area contributed by atoms with Gasteiger partial charge in [-0.05, 0) is 43.5 Å². The zero-order valence-electron chi connectivity index (χ0n) is 19.6. The van der Waals surface area contributed by atoms with Gasteiger partial charge in [-0.1, -0.05) is 63.7 Å². The van der Waals surface area contributed by atoms with Crippen molar-refractivity contribution in [2.24, 2.45) is 0 Å². The molecular weight excluding hydrogens is 373 g/mol. The average Bonchev–Trinajstić information content (AvgIpc) is 2.63. The largest absolute Gasteiger partial charge is 0.478 e. The number of hydrogen-bond acceptors (Lipinski definition) is 1. The van der Waals surface area contributed by atoms with Crippen molar-refractivity contribution >= 4 is 5.97 Å². The van der Waals surface area contributed by atoms with Gasteiger partial charge in [-0.3, -0.25) is 0 Å². The van der Waals surface area contributed by atoms with Crippen molar-refractivity contribution in [3.8, 4) is 0 Å². The van der Waals surface area contributed by atoms with E-state index in [0.717, 1.165) is 5.56 Å². The molecule has 0 atom stereocenters. The first-order valence-corrected chi connectivity index (χ1v) is 6.83. The number of aromatic carboxylic acids is 1. The maximum atomic E-state index is 10.4. The number of benzene rings is 2. The number of hydrogen-bond donors (Lipinski definition) is 1. The summed E-state index contributed by atoms with van der Waals surface area (Å²) in [5.74, 6) is -0.863. The van der Waals surface area contributed by atoms with Crippen LogP contribution in [0.2, 0.25) is 0 Å². The topological polar surface area (TPSA) is 37.3 Å². The molecule has 3 heteroatoms. The molecular formula is C21H36O2Y-2. The van der Waals surface area contributed by atoms with E-state index in [9.17, 15) is 4.79 Å². The first kappa shape index (κ1) is 27.8. The molecule has 0 aliphatic carbocycles. The molecule has 0 aliphatic heterocycles. The van der Waals surface area contributed by atoms with Gasteiger partial charge in [0.15, 0.2) is 0 Å². The van der Waals surface area contributed by atoms with Gasteiger partial charge >= 0.3 is 5.97 Å². The minimum Gasteiger partial charge on any atom is -0.478 e. The quantitative estimate of drug-likeness (QED) is 0.523. The second-order valence-corrected chi connectivity index (χ2v) is 4.20. The Balaban J connectivity index is -0.0000000593. The molecule has 2 aromatic rings. The molecule has 0 saturated heterocycles. The van der Waals surface area contributed by atoms with Crippen LogP contribution in [0.25, 0.3) is 0 Å². The SMILES string of the molecule is CC.Cc1ccccc1C.Cc1ccccc1C(=O)O.[2H]C.[2H][2H].[CH3-].[CH3-].[Y]. The first-order valence-electron chi connectivity index (χ1n) is 8.83. The maximum Gasteiger partial charge on any atom is 0.335 e. The fourth-order valence-electron chi connectivity index (χ4n) is 1.48. The Hall–Kier alpha value is -0.986. The average molecular weight is 412 g/mol. The van der Waals surface area contributed by atoms with Crippen molar-refractivity contribution < 1.29 is 47.0 Å². The van der Waals surface area contributed by atoms with Gasteiger partial charge in [0.05, 0.1) is 5.56 Å². The molecule has 0 spiro atoms. The molecule has 0 aromatic heterocycles. The van der Waals surface area contributed by atoms with Crippen LogP contribution in [0.4, 0.5) is 0 Å². The second kappa shape index (κ2) is 20.1. The third-order valence-corrected chi connectivity index (χ3v) is 2.80. The van der Waals surface area contributed by atoms with Gasteiger partial charge < -0.3 is 20.0 Å². The van der Waals surface area contributed by atoms with E-state index in [1.54, 1.807) is 25.1 Å². The Labute approximate surface area is 180 Å². The van der Waals surface area contributed by atoms with Crippen molar-refractivity contribution in [1.82, 2.24) is 0 Å². The molecule has 0 fully saturated rings. The van der Waals surface area contributed by atoms with Crippen LogP contribution < -0.4 is 0 Å². The van der Waals surface area contributed by atoms with Crippen molar-refractivity contribution in [1.29, 1.82) is 0 Å². The van der Waals surface area contributed by atoms with Gasteiger partial charge in [0, 0.05) is 37.0 Å². The summed E-state index contributed by atoms with van der Waals surface area (Å²) < 4.78 is 15.8. The summed E-state index contributed by atoms with van der Waals surface area (Å²) in [5.41, 5.74) is 3.91. The third-order valence-electron chi connectivity index (χ3n) is 2.80. The monoisotopic (exact) mass is 412 g/mol. The Morgan fingerprint density at radius 3 is 1.42 bits per heavy atom. The van der Waals surface area contributed by atoms with Crippen LogP contribution in [0.5, 0.6) is 0 Å². The molecule has 2 aromatic carbocycles. The molecule has 0 amide bonds. The van der Waals surface area contributed by atoms with Crippen LogP contribution in [0, 0.1) is 35.6 Å². The molecule has 1 radical (unpaired) electrons. The van der Waals surface area contributed by atoms with Gasteiger partial charge in [0.1, 0.15) is 0 Å². The zero-order valence-corrected chi connectivity index (χ0v) is 19.4. The Kier molecular flexibility index (Phi) is 23.3. The number of carbonyl (C=O) groups is 1. The summed E-state index contributed by atoms with van der Waals surface area (Å²) in [5, 5.41) is 8.57. The van der Waals surface area contributed by atoms with E-state index in [-0.39, 0.29) is 47.6 Å².